The van der Waals surface area contributed by atoms with Crippen LogP contribution in [0.5, 0.6) is 0 Å². The zero-order valence-electron chi connectivity index (χ0n) is 78.2. The molecule has 0 saturated carbocycles. The van der Waals surface area contributed by atoms with Gasteiger partial charge in [0, 0.05) is 78.5 Å². The van der Waals surface area contributed by atoms with Crippen molar-refractivity contribution < 1.29 is 57.3 Å². The molecule has 0 aromatic carbocycles. The van der Waals surface area contributed by atoms with Crippen LogP contribution in [0.1, 0.15) is 402 Å². The number of hydrogen-bond acceptors (Lipinski definition) is 14. The lowest BCUT2D eigenvalue weighted by molar-refractivity contribution is -0.139. The van der Waals surface area contributed by atoms with E-state index in [2.05, 4.69) is 86.5 Å². The van der Waals surface area contributed by atoms with E-state index in [0.717, 1.165) is 181 Å². The lowest BCUT2D eigenvalue weighted by Gasteiger charge is -2.25. The number of amides is 8. The molecule has 0 heterocycles. The minimum atomic E-state index is -0.258. The van der Waals surface area contributed by atoms with Crippen LogP contribution in [0.3, 0.4) is 0 Å². The van der Waals surface area contributed by atoms with Gasteiger partial charge in [0.1, 0.15) is 52.9 Å². The molecule has 694 valence electrons. The zero-order chi connectivity index (χ0) is 86.3. The van der Waals surface area contributed by atoms with Crippen LogP contribution in [0.4, 0.5) is 0 Å². The monoisotopic (exact) mass is 1670 g/mol. The number of nitrogens with one attached hydrogen (secondary N) is 4. The molecule has 118 heavy (non-hydrogen) atoms. The molecule has 0 aromatic heterocycles. The van der Waals surface area contributed by atoms with Crippen LogP contribution in [0.2, 0.25) is 0 Å². The molecule has 22 nitrogen and oxygen atoms in total. The van der Waals surface area contributed by atoms with Gasteiger partial charge in [-0.2, -0.15) is 0 Å². The van der Waals surface area contributed by atoms with Crippen LogP contribution in [-0.4, -0.2) is 247 Å². The zero-order valence-corrected chi connectivity index (χ0v) is 78.2. The highest BCUT2D eigenvalue weighted by molar-refractivity contribution is 5.82. The van der Waals surface area contributed by atoms with E-state index in [1.165, 1.54) is 205 Å². The number of ether oxygens (including phenoxy) is 4. The summed E-state index contributed by atoms with van der Waals surface area (Å²) in [7, 11) is 0. The van der Waals surface area contributed by atoms with Crippen molar-refractivity contribution in [1.29, 1.82) is 0 Å². The van der Waals surface area contributed by atoms with Crippen LogP contribution < -0.4 is 21.3 Å². The predicted molar refractivity (Wildman–Crippen MR) is 489 cm³/mol. The number of rotatable bonds is 93. The molecule has 0 fully saturated rings. The smallest absolute Gasteiger partial charge is 0.248 e. The molecule has 0 spiro atoms. The topological polar surface area (TPSA) is 241 Å². The van der Waals surface area contributed by atoms with Crippen LogP contribution in [0.25, 0.3) is 0 Å². The molecule has 0 bridgehead atoms. The van der Waals surface area contributed by atoms with Gasteiger partial charge in [-0.15, -0.1) is 0 Å². The normalized spacial score (nSPS) is 11.4. The van der Waals surface area contributed by atoms with E-state index < -0.39 is 0 Å². The van der Waals surface area contributed by atoms with Crippen molar-refractivity contribution in [1.82, 2.24) is 50.7 Å². The molecule has 0 atom stereocenters. The summed E-state index contributed by atoms with van der Waals surface area (Å²) in [6.45, 7) is 28.3. The fraction of sp³-hybridized carbons (Fsp3) is 0.917. The molecule has 8 amide bonds. The lowest BCUT2D eigenvalue weighted by atomic mass is 10.1. The summed E-state index contributed by atoms with van der Waals surface area (Å²) in [5, 5.41) is 12.1. The Hall–Kier alpha value is -4.48. The van der Waals surface area contributed by atoms with E-state index in [-0.39, 0.29) is 100 Å². The molecule has 0 rings (SSSR count). The third-order valence-corrected chi connectivity index (χ3v) is 22.6. The average Bonchev–Trinajstić information content (AvgIpc) is 0.974. The van der Waals surface area contributed by atoms with Gasteiger partial charge in [0.2, 0.25) is 47.3 Å². The summed E-state index contributed by atoms with van der Waals surface area (Å²) >= 11 is 0. The van der Waals surface area contributed by atoms with Crippen molar-refractivity contribution in [2.24, 2.45) is 0 Å². The fourth-order valence-corrected chi connectivity index (χ4v) is 15.1. The minimum absolute atomic E-state index is 0.0582. The summed E-state index contributed by atoms with van der Waals surface area (Å²) < 4.78 is 23.1. The highest BCUT2D eigenvalue weighted by atomic mass is 16.5. The Balaban J connectivity index is 6.28. The van der Waals surface area contributed by atoms with Crippen LogP contribution >= 0.6 is 0 Å². The summed E-state index contributed by atoms with van der Waals surface area (Å²) in [5.41, 5.74) is 0. The van der Waals surface area contributed by atoms with E-state index in [1.807, 2.05) is 19.6 Å². The first kappa shape index (κ1) is 114. The van der Waals surface area contributed by atoms with Gasteiger partial charge in [-0.25, -0.2) is 0 Å². The number of hydrogen-bond donors (Lipinski definition) is 4. The Kier molecular flexibility index (Phi) is 85.4. The summed E-state index contributed by atoms with van der Waals surface area (Å²) in [4.78, 5) is 119. The fourth-order valence-electron chi connectivity index (χ4n) is 15.1. The molecule has 0 unspecified atom stereocenters. The highest BCUT2D eigenvalue weighted by Crippen LogP contribution is 2.16. The average molecular weight is 1670 g/mol. The Labute approximate surface area is 724 Å². The number of carbonyl (C=O) groups excluding carboxylic acids is 8. The molecule has 22 heteroatoms. The molecular formula is C96H188N10O12. The van der Waals surface area contributed by atoms with Gasteiger partial charge >= 0.3 is 0 Å². The van der Waals surface area contributed by atoms with Crippen molar-refractivity contribution in [3.8, 4) is 0 Å². The standard InChI is InChI=1S/C96H188N10O12/c1-9-17-25-33-41-49-73-103(74-50-42-34-26-18-10-2)93(111)85-115-81-89(107)97-63-59-69-101(70-60-64-98-90(108)82-116-86-94(112)104(75-51-43-35-27-19-11-3)76-52-44-36-28-20-12-4)67-57-58-68-102(71-61-65-99-91(109)83-117-87-95(113)105(77-53-45-37-29-21-13-5)78-54-46-38-30-22-14-6)72-62-66-100-92(110)84-118-88-96(114)106(79-55-47-39-31-23-15-7)80-56-48-40-32-24-16-8/h9-88H2,1-8H3,(H,97,107)(H,98,108)(H,99,109)(H,100,110). The Morgan fingerprint density at radius 1 is 0.169 bits per heavy atom. The van der Waals surface area contributed by atoms with E-state index in [1.54, 1.807) is 0 Å². The summed E-state index contributed by atoms with van der Waals surface area (Å²) in [6.07, 6.45) is 59.7. The largest absolute Gasteiger partial charge is 0.362 e. The van der Waals surface area contributed by atoms with Crippen molar-refractivity contribution >= 4 is 47.3 Å². The van der Waals surface area contributed by atoms with Gasteiger partial charge in [-0.1, -0.05) is 312 Å². The predicted octanol–water partition coefficient (Wildman–Crippen LogP) is 18.7. The van der Waals surface area contributed by atoms with E-state index >= 15 is 0 Å². The molecule has 0 aliphatic rings. The summed E-state index contributed by atoms with van der Waals surface area (Å²) in [6, 6.07) is 0. The molecule has 0 aliphatic carbocycles. The van der Waals surface area contributed by atoms with Crippen LogP contribution in [0.15, 0.2) is 0 Å². The number of carbonyl (C=O) groups is 8. The third-order valence-electron chi connectivity index (χ3n) is 22.6. The number of nitrogens with zero attached hydrogens (tertiary/aromatic N) is 6. The third kappa shape index (κ3) is 75.3. The highest BCUT2D eigenvalue weighted by Gasteiger charge is 2.20. The maximum atomic E-state index is 13.5. The van der Waals surface area contributed by atoms with Crippen molar-refractivity contribution in [3.63, 3.8) is 0 Å². The van der Waals surface area contributed by atoms with Gasteiger partial charge in [0.05, 0.1) is 0 Å². The Bertz CT molecular complexity index is 1940. The number of unbranched alkanes of at least 4 members (excludes halogenated alkanes) is 41. The molecule has 0 radical (unpaired) electrons. The van der Waals surface area contributed by atoms with E-state index in [0.29, 0.717) is 78.0 Å². The van der Waals surface area contributed by atoms with Gasteiger partial charge in [0.15, 0.2) is 0 Å². The maximum Gasteiger partial charge on any atom is 0.248 e. The second kappa shape index (κ2) is 88.8. The van der Waals surface area contributed by atoms with Gasteiger partial charge in [-0.3, -0.25) is 38.4 Å². The van der Waals surface area contributed by atoms with E-state index in [4.69, 9.17) is 18.9 Å². The van der Waals surface area contributed by atoms with Crippen molar-refractivity contribution in [3.05, 3.63) is 0 Å². The molecular weight excluding hydrogens is 1490 g/mol. The SMILES string of the molecule is CCCCCCCCN(CCCCCCCC)C(=O)COCC(=O)NCCCN(CCCCN(CCCNC(=O)COCC(=O)N(CCCCCCCC)CCCCCCCC)CCCNC(=O)COCC(=O)N(CCCCCCCC)CCCCCCCC)CCCNC(=O)COCC(=O)N(CCCCCCCC)CCCCCCCC. The van der Waals surface area contributed by atoms with E-state index in [9.17, 15) is 38.4 Å². The van der Waals surface area contributed by atoms with Gasteiger partial charge in [0.25, 0.3) is 0 Å². The maximum absolute atomic E-state index is 13.5. The molecule has 0 saturated heterocycles. The molecule has 4 N–H and O–H groups in total. The first-order valence-electron chi connectivity index (χ1n) is 49.7. The molecule has 0 aromatic rings. The first-order chi connectivity index (χ1) is 57.7. The summed E-state index contributed by atoms with van der Waals surface area (Å²) in [5.74, 6) is -1.27. The van der Waals surface area contributed by atoms with Crippen molar-refractivity contribution in [2.45, 2.75) is 402 Å². The minimum Gasteiger partial charge on any atom is -0.362 e. The first-order valence-corrected chi connectivity index (χ1v) is 49.7. The van der Waals surface area contributed by atoms with Crippen molar-refractivity contribution in [2.75, 3.05) is 171 Å². The Morgan fingerprint density at radius 3 is 0.466 bits per heavy atom. The Morgan fingerprint density at radius 2 is 0.305 bits per heavy atom. The molecule has 0 aliphatic heterocycles. The second-order valence-corrected chi connectivity index (χ2v) is 33.8. The quantitative estimate of drug-likeness (QED) is 0.0414. The van der Waals surface area contributed by atoms with Crippen LogP contribution in [0, 0.1) is 0 Å². The van der Waals surface area contributed by atoms with Gasteiger partial charge in [-0.05, 0) is 129 Å². The second-order valence-electron chi connectivity index (χ2n) is 33.8. The van der Waals surface area contributed by atoms with Crippen LogP contribution in [-0.2, 0) is 57.3 Å². The van der Waals surface area contributed by atoms with Gasteiger partial charge < -0.3 is 69.6 Å². The lowest BCUT2D eigenvalue weighted by Crippen LogP contribution is -2.38.